The molecule has 20 heavy (non-hydrogen) atoms. The summed E-state index contributed by atoms with van der Waals surface area (Å²) in [6.07, 6.45) is 3.66. The van der Waals surface area contributed by atoms with Crippen molar-refractivity contribution in [1.82, 2.24) is 0 Å². The number of benzene rings is 1. The minimum absolute atomic E-state index is 0.171. The van der Waals surface area contributed by atoms with Gasteiger partial charge in [-0.1, -0.05) is 19.9 Å². The Hall–Kier alpha value is -1.71. The first-order valence-electron chi connectivity index (χ1n) is 7.04. The number of hydrogen-bond acceptors (Lipinski definition) is 2. The van der Waals surface area contributed by atoms with Crippen molar-refractivity contribution < 1.29 is 13.6 Å². The number of ketones is 1. The van der Waals surface area contributed by atoms with Gasteiger partial charge in [0.05, 0.1) is 11.6 Å². The molecule has 0 spiro atoms. The highest BCUT2D eigenvalue weighted by Gasteiger charge is 2.38. The summed E-state index contributed by atoms with van der Waals surface area (Å²) in [5, 5.41) is 0. The predicted octanol–water partition coefficient (Wildman–Crippen LogP) is 3.96. The standard InChI is InChI=1S/C14H13F2NO.C2H6/c1-2-8-7-17(9-3-4-9)13-6-12(16)11(15)5-10(13)14(8)18;1-2/h2,5-6,8-9H,1,3-4,7H2;1-2H3. The lowest BCUT2D eigenvalue weighted by atomic mass is 9.90. The van der Waals surface area contributed by atoms with Crippen molar-refractivity contribution >= 4 is 11.5 Å². The fourth-order valence-electron chi connectivity index (χ4n) is 2.48. The van der Waals surface area contributed by atoms with Crippen LogP contribution in [0.3, 0.4) is 0 Å². The topological polar surface area (TPSA) is 20.3 Å². The molecule has 4 heteroatoms. The van der Waals surface area contributed by atoms with Gasteiger partial charge in [0, 0.05) is 24.2 Å². The molecule has 1 heterocycles. The number of rotatable bonds is 2. The van der Waals surface area contributed by atoms with E-state index in [0.29, 0.717) is 18.3 Å². The maximum Gasteiger partial charge on any atom is 0.173 e. The first kappa shape index (κ1) is 14.7. The van der Waals surface area contributed by atoms with Crippen LogP contribution in [0, 0.1) is 17.6 Å². The first-order chi connectivity index (χ1) is 9.61. The van der Waals surface area contributed by atoms with E-state index in [-0.39, 0.29) is 17.3 Å². The van der Waals surface area contributed by atoms with Crippen molar-refractivity contribution in [2.45, 2.75) is 32.7 Å². The Bertz CT molecular complexity index is 538. The van der Waals surface area contributed by atoms with E-state index < -0.39 is 11.6 Å². The van der Waals surface area contributed by atoms with Crippen molar-refractivity contribution in [1.29, 1.82) is 0 Å². The third-order valence-corrected chi connectivity index (χ3v) is 3.62. The molecule has 0 radical (unpaired) electrons. The molecule has 0 N–H and O–H groups in total. The third kappa shape index (κ3) is 2.47. The van der Waals surface area contributed by atoms with Crippen LogP contribution in [0.4, 0.5) is 14.5 Å². The number of halogens is 2. The highest BCUT2D eigenvalue weighted by molar-refractivity contribution is 6.05. The molecule has 0 bridgehead atoms. The van der Waals surface area contributed by atoms with Crippen LogP contribution < -0.4 is 4.90 Å². The summed E-state index contributed by atoms with van der Waals surface area (Å²) in [6.45, 7) is 8.17. The lowest BCUT2D eigenvalue weighted by molar-refractivity contribution is 0.0940. The highest BCUT2D eigenvalue weighted by Crippen LogP contribution is 2.39. The molecule has 0 aromatic heterocycles. The molecule has 1 fully saturated rings. The van der Waals surface area contributed by atoms with Crippen molar-refractivity contribution in [3.8, 4) is 0 Å². The number of carbonyl (C=O) groups is 1. The molecule has 1 aliphatic carbocycles. The zero-order valence-corrected chi connectivity index (χ0v) is 11.8. The van der Waals surface area contributed by atoms with Crippen LogP contribution in [0.25, 0.3) is 0 Å². The van der Waals surface area contributed by atoms with E-state index in [1.54, 1.807) is 6.08 Å². The van der Waals surface area contributed by atoms with Gasteiger partial charge in [-0.15, -0.1) is 6.58 Å². The first-order valence-corrected chi connectivity index (χ1v) is 7.04. The summed E-state index contributed by atoms with van der Waals surface area (Å²) in [5.41, 5.74) is 0.802. The molecular weight excluding hydrogens is 260 g/mol. The van der Waals surface area contributed by atoms with E-state index >= 15 is 0 Å². The van der Waals surface area contributed by atoms with Gasteiger partial charge in [0.15, 0.2) is 17.4 Å². The van der Waals surface area contributed by atoms with Crippen LogP contribution in [-0.4, -0.2) is 18.4 Å². The van der Waals surface area contributed by atoms with Crippen molar-refractivity contribution in [2.24, 2.45) is 5.92 Å². The number of hydrogen-bond donors (Lipinski definition) is 0. The van der Waals surface area contributed by atoms with E-state index in [1.165, 1.54) is 0 Å². The van der Waals surface area contributed by atoms with Gasteiger partial charge in [-0.25, -0.2) is 8.78 Å². The summed E-state index contributed by atoms with van der Waals surface area (Å²) in [4.78, 5) is 14.1. The highest BCUT2D eigenvalue weighted by atomic mass is 19.2. The molecular formula is C16H19F2NO. The van der Waals surface area contributed by atoms with Crippen LogP contribution in [0.15, 0.2) is 24.8 Å². The molecule has 1 aromatic rings. The van der Waals surface area contributed by atoms with Crippen molar-refractivity contribution in [3.05, 3.63) is 42.0 Å². The number of Topliss-reactive ketones (excluding diaryl/α,β-unsaturated/α-hetero) is 1. The number of fused-ring (bicyclic) bond motifs is 1. The van der Waals surface area contributed by atoms with Crippen LogP contribution in [-0.2, 0) is 0 Å². The average molecular weight is 279 g/mol. The summed E-state index contributed by atoms with van der Waals surface area (Å²) in [5.74, 6) is -2.37. The molecule has 1 aliphatic heterocycles. The van der Waals surface area contributed by atoms with E-state index in [9.17, 15) is 13.6 Å². The Balaban J connectivity index is 0.000000704. The van der Waals surface area contributed by atoms with Crippen LogP contribution in [0.5, 0.6) is 0 Å². The average Bonchev–Trinajstić information content (AvgIpc) is 3.28. The fourth-order valence-corrected chi connectivity index (χ4v) is 2.48. The van der Waals surface area contributed by atoms with Gasteiger partial charge in [-0.2, -0.15) is 0 Å². The van der Waals surface area contributed by atoms with E-state index in [4.69, 9.17) is 0 Å². The van der Waals surface area contributed by atoms with Crippen LogP contribution in [0.2, 0.25) is 0 Å². The smallest absolute Gasteiger partial charge is 0.173 e. The molecule has 0 saturated heterocycles. The monoisotopic (exact) mass is 279 g/mol. The summed E-state index contributed by atoms with van der Waals surface area (Å²) >= 11 is 0. The maximum atomic E-state index is 13.3. The molecule has 2 aliphatic rings. The number of nitrogens with zero attached hydrogens (tertiary/aromatic N) is 1. The van der Waals surface area contributed by atoms with Gasteiger partial charge < -0.3 is 4.90 Å². The maximum absolute atomic E-state index is 13.3. The van der Waals surface area contributed by atoms with Crippen LogP contribution in [0.1, 0.15) is 37.0 Å². The van der Waals surface area contributed by atoms with Crippen molar-refractivity contribution in [3.63, 3.8) is 0 Å². The Morgan fingerprint density at radius 2 is 1.85 bits per heavy atom. The largest absolute Gasteiger partial charge is 0.367 e. The van der Waals surface area contributed by atoms with Gasteiger partial charge >= 0.3 is 0 Å². The van der Waals surface area contributed by atoms with E-state index in [2.05, 4.69) is 6.58 Å². The lowest BCUT2D eigenvalue weighted by Gasteiger charge is -2.34. The molecule has 0 amide bonds. The second-order valence-corrected chi connectivity index (χ2v) is 4.87. The van der Waals surface area contributed by atoms with Gasteiger partial charge in [0.25, 0.3) is 0 Å². The van der Waals surface area contributed by atoms with Gasteiger partial charge in [0.2, 0.25) is 0 Å². The lowest BCUT2D eigenvalue weighted by Crippen LogP contribution is -2.40. The minimum Gasteiger partial charge on any atom is -0.367 e. The molecule has 1 aromatic carbocycles. The third-order valence-electron chi connectivity index (χ3n) is 3.62. The Kier molecular flexibility index (Phi) is 4.21. The quantitative estimate of drug-likeness (QED) is 0.764. The normalized spacial score (nSPS) is 20.9. The zero-order chi connectivity index (χ0) is 14.9. The Labute approximate surface area is 118 Å². The predicted molar refractivity (Wildman–Crippen MR) is 76.1 cm³/mol. The zero-order valence-electron chi connectivity index (χ0n) is 11.8. The molecule has 1 unspecified atom stereocenters. The molecule has 1 atom stereocenters. The Morgan fingerprint density at radius 1 is 1.25 bits per heavy atom. The molecule has 108 valence electrons. The van der Waals surface area contributed by atoms with Gasteiger partial charge in [0.1, 0.15) is 0 Å². The molecule has 2 nitrogen and oxygen atoms in total. The second-order valence-electron chi connectivity index (χ2n) is 4.87. The van der Waals surface area contributed by atoms with Crippen LogP contribution >= 0.6 is 0 Å². The van der Waals surface area contributed by atoms with E-state index in [1.807, 2.05) is 18.7 Å². The summed E-state index contributed by atoms with van der Waals surface area (Å²) in [7, 11) is 0. The van der Waals surface area contributed by atoms with E-state index in [0.717, 1.165) is 25.0 Å². The van der Waals surface area contributed by atoms with Gasteiger partial charge in [-0.3, -0.25) is 4.79 Å². The fraction of sp³-hybridized carbons (Fsp3) is 0.438. The summed E-state index contributed by atoms with van der Waals surface area (Å²) in [6, 6.07) is 2.50. The second kappa shape index (κ2) is 5.73. The molecule has 1 saturated carbocycles. The molecule has 3 rings (SSSR count). The summed E-state index contributed by atoms with van der Waals surface area (Å²) < 4.78 is 26.6. The number of anilines is 1. The minimum atomic E-state index is -0.970. The van der Waals surface area contributed by atoms with Gasteiger partial charge in [-0.05, 0) is 18.9 Å². The van der Waals surface area contributed by atoms with Crippen molar-refractivity contribution in [2.75, 3.05) is 11.4 Å². The Morgan fingerprint density at radius 3 is 2.40 bits per heavy atom. The SMILES string of the molecule is C=CC1CN(C2CC2)c2cc(F)c(F)cc2C1=O.CC. The number of carbonyl (C=O) groups excluding carboxylic acids is 1.